The number of allylic oxidation sites excluding steroid dienone is 5. The van der Waals surface area contributed by atoms with Crippen LogP contribution in [0.15, 0.2) is 152 Å². The van der Waals surface area contributed by atoms with E-state index in [2.05, 4.69) is 191 Å². The lowest BCUT2D eigenvalue weighted by molar-refractivity contribution is 0.886. The summed E-state index contributed by atoms with van der Waals surface area (Å²) in [7, 11) is 0. The monoisotopic (exact) mass is 670 g/mol. The molecule has 0 aliphatic carbocycles. The van der Waals surface area contributed by atoms with E-state index in [0.29, 0.717) is 0 Å². The van der Waals surface area contributed by atoms with Gasteiger partial charge in [-0.25, -0.2) is 0 Å². The van der Waals surface area contributed by atoms with Crippen LogP contribution >= 0.6 is 0 Å². The molecule has 0 atom stereocenters. The number of dihydropyridines is 1. The molecule has 0 saturated heterocycles. The number of benzene rings is 5. The molecule has 5 aromatic carbocycles. The van der Waals surface area contributed by atoms with Gasteiger partial charge in [-0.1, -0.05) is 164 Å². The number of rotatable bonds is 9. The normalized spacial score (nSPS) is 12.3. The quantitative estimate of drug-likeness (QED) is 0.152. The van der Waals surface area contributed by atoms with Crippen molar-refractivity contribution in [1.29, 1.82) is 0 Å². The second kappa shape index (κ2) is 18.6. The number of aromatic nitrogens is 1. The molecule has 2 heterocycles. The molecule has 2 heteroatoms. The zero-order valence-corrected chi connectivity index (χ0v) is 31.3. The van der Waals surface area contributed by atoms with Gasteiger partial charge in [-0.05, 0) is 93.9 Å². The van der Waals surface area contributed by atoms with E-state index in [4.69, 9.17) is 0 Å². The van der Waals surface area contributed by atoms with Crippen LogP contribution in [0.5, 0.6) is 0 Å². The minimum atomic E-state index is 0.858. The number of nitrogens with zero attached hydrogens (tertiary/aromatic N) is 1. The van der Waals surface area contributed by atoms with Crippen molar-refractivity contribution in [3.63, 3.8) is 0 Å². The van der Waals surface area contributed by atoms with E-state index in [0.717, 1.165) is 30.8 Å². The second-order valence-electron chi connectivity index (χ2n) is 13.1. The molecule has 1 aliphatic rings. The topological polar surface area (TPSA) is 17.0 Å². The summed E-state index contributed by atoms with van der Waals surface area (Å²) >= 11 is 0. The van der Waals surface area contributed by atoms with Gasteiger partial charge in [0, 0.05) is 28.7 Å². The molecule has 0 spiro atoms. The Bertz CT molecular complexity index is 2100. The summed E-state index contributed by atoms with van der Waals surface area (Å²) in [6.07, 6.45) is 16.4. The minimum absolute atomic E-state index is 0.858. The molecule has 0 saturated carbocycles. The molecule has 0 bridgehead atoms. The number of fused-ring (bicyclic) bond motifs is 3. The van der Waals surface area contributed by atoms with Crippen molar-refractivity contribution in [3.8, 4) is 27.9 Å². The predicted octanol–water partition coefficient (Wildman–Crippen LogP) is 14.2. The van der Waals surface area contributed by atoms with Crippen LogP contribution in [0.25, 0.3) is 61.0 Å². The molecule has 7 rings (SSSR count). The fourth-order valence-electron chi connectivity index (χ4n) is 6.43. The van der Waals surface area contributed by atoms with Crippen molar-refractivity contribution in [3.05, 3.63) is 163 Å². The van der Waals surface area contributed by atoms with Crippen molar-refractivity contribution in [2.45, 2.75) is 66.7 Å². The number of hydrogen-bond donors (Lipinski definition) is 1. The fourth-order valence-corrected chi connectivity index (χ4v) is 6.43. The van der Waals surface area contributed by atoms with Crippen LogP contribution in [-0.4, -0.2) is 11.1 Å². The molecule has 6 aromatic rings. The van der Waals surface area contributed by atoms with Gasteiger partial charge in [0.2, 0.25) is 0 Å². The van der Waals surface area contributed by atoms with Crippen molar-refractivity contribution in [2.75, 3.05) is 6.54 Å². The number of nitrogens with one attached hydrogen (secondary N) is 1. The number of hydrogen-bond acceptors (Lipinski definition) is 1. The van der Waals surface area contributed by atoms with Crippen molar-refractivity contribution in [2.24, 2.45) is 0 Å². The van der Waals surface area contributed by atoms with Gasteiger partial charge >= 0.3 is 0 Å². The Hall–Kier alpha value is -5.34. The highest BCUT2D eigenvalue weighted by molar-refractivity contribution is 6.09. The molecule has 0 amide bonds. The average molecular weight is 671 g/mol. The maximum absolute atomic E-state index is 4.04. The van der Waals surface area contributed by atoms with E-state index in [9.17, 15) is 0 Å². The molecule has 0 unspecified atom stereocenters. The van der Waals surface area contributed by atoms with E-state index < -0.39 is 0 Å². The van der Waals surface area contributed by atoms with E-state index >= 15 is 0 Å². The molecule has 0 radical (unpaired) electrons. The van der Waals surface area contributed by atoms with E-state index in [1.54, 1.807) is 0 Å². The average Bonchev–Trinajstić information content (AvgIpc) is 3.53. The van der Waals surface area contributed by atoms with Crippen LogP contribution in [0.4, 0.5) is 0 Å². The second-order valence-corrected chi connectivity index (χ2v) is 13.1. The van der Waals surface area contributed by atoms with Gasteiger partial charge in [-0.3, -0.25) is 0 Å². The van der Waals surface area contributed by atoms with Crippen LogP contribution in [-0.2, 0) is 0 Å². The van der Waals surface area contributed by atoms with Gasteiger partial charge in [0.1, 0.15) is 0 Å². The molecule has 260 valence electrons. The van der Waals surface area contributed by atoms with E-state index in [-0.39, 0.29) is 0 Å². The third kappa shape index (κ3) is 8.88. The van der Waals surface area contributed by atoms with Gasteiger partial charge in [0.25, 0.3) is 0 Å². The van der Waals surface area contributed by atoms with E-state index in [1.807, 2.05) is 6.08 Å². The zero-order chi connectivity index (χ0) is 36.0. The Kier molecular flexibility index (Phi) is 13.5. The first-order chi connectivity index (χ1) is 25.1. The first-order valence-electron chi connectivity index (χ1n) is 18.8. The standard InChI is InChI=1S/C42H36N2.C4H10.C3H8/c1-3-13-30(14-4-2)35-27-36(29-37(28-35)44-41-22-7-5-19-38(41)39-20-6-8-23-42(39)44)33-17-11-15-31(25-33)32-16-12-18-34(26-32)40-21-9-10-24-43-40;1-3-4-2;1-3-2/h3,5-13,15-23,25-29,43H,1,4,14,24H2,2H3;3-4H2,1-2H3;3H2,1-2H3/b30-13+;;. The van der Waals surface area contributed by atoms with Crippen LogP contribution < -0.4 is 5.32 Å². The number of unbranched alkanes of at least 4 members (excludes halogenated alkanes) is 1. The molecule has 1 aliphatic heterocycles. The highest BCUT2D eigenvalue weighted by atomic mass is 15.0. The van der Waals surface area contributed by atoms with Crippen molar-refractivity contribution in [1.82, 2.24) is 9.88 Å². The predicted molar refractivity (Wildman–Crippen MR) is 226 cm³/mol. The summed E-state index contributed by atoms with van der Waals surface area (Å²) in [5, 5.41) is 6.03. The van der Waals surface area contributed by atoms with Crippen LogP contribution in [0, 0.1) is 0 Å². The molecule has 2 nitrogen and oxygen atoms in total. The summed E-state index contributed by atoms with van der Waals surface area (Å²) in [6, 6.07) is 42.2. The van der Waals surface area contributed by atoms with Crippen LogP contribution in [0.2, 0.25) is 0 Å². The van der Waals surface area contributed by atoms with Crippen LogP contribution in [0.1, 0.15) is 77.8 Å². The van der Waals surface area contributed by atoms with Gasteiger partial charge < -0.3 is 9.88 Å². The summed E-state index contributed by atoms with van der Waals surface area (Å²) in [6.45, 7) is 15.7. The van der Waals surface area contributed by atoms with Crippen LogP contribution in [0.3, 0.4) is 0 Å². The molecule has 51 heavy (non-hydrogen) atoms. The highest BCUT2D eigenvalue weighted by Gasteiger charge is 2.15. The molecule has 1 aromatic heterocycles. The highest BCUT2D eigenvalue weighted by Crippen LogP contribution is 2.37. The van der Waals surface area contributed by atoms with E-state index in [1.165, 1.54) is 80.0 Å². The molecular formula is C49H54N2. The third-order valence-corrected chi connectivity index (χ3v) is 8.98. The first kappa shape index (κ1) is 36.9. The Morgan fingerprint density at radius 1 is 0.647 bits per heavy atom. The summed E-state index contributed by atoms with van der Waals surface area (Å²) in [5.41, 5.74) is 13.3. The Morgan fingerprint density at radius 3 is 1.76 bits per heavy atom. The molecule has 1 N–H and O–H groups in total. The maximum atomic E-state index is 4.04. The lowest BCUT2D eigenvalue weighted by Crippen LogP contribution is -2.14. The maximum Gasteiger partial charge on any atom is 0.0541 e. The SMILES string of the molecule is C=C/C=C(\CCC)c1cc(-c2cccc(-c3cccc(C4=CC=CCN4)c3)c2)cc(-n2c3ccccc3c3ccccc32)c1.CCC.CCCC. The summed E-state index contributed by atoms with van der Waals surface area (Å²) in [4.78, 5) is 0. The largest absolute Gasteiger partial charge is 0.381 e. The van der Waals surface area contributed by atoms with Gasteiger partial charge in [0.05, 0.1) is 11.0 Å². The van der Waals surface area contributed by atoms with Crippen molar-refractivity contribution < 1.29 is 0 Å². The molecule has 0 fully saturated rings. The van der Waals surface area contributed by atoms with Crippen molar-refractivity contribution >= 4 is 33.1 Å². The number of para-hydroxylation sites is 2. The Morgan fingerprint density at radius 2 is 1.22 bits per heavy atom. The lowest BCUT2D eigenvalue weighted by Gasteiger charge is -2.16. The van der Waals surface area contributed by atoms with Gasteiger partial charge in [-0.2, -0.15) is 0 Å². The van der Waals surface area contributed by atoms with Gasteiger partial charge in [0.15, 0.2) is 0 Å². The smallest absolute Gasteiger partial charge is 0.0541 e. The zero-order valence-electron chi connectivity index (χ0n) is 31.3. The summed E-state index contributed by atoms with van der Waals surface area (Å²) in [5.74, 6) is 0. The summed E-state index contributed by atoms with van der Waals surface area (Å²) < 4.78 is 2.42. The minimum Gasteiger partial charge on any atom is -0.381 e. The Balaban J connectivity index is 0.000000664. The van der Waals surface area contributed by atoms with Gasteiger partial charge in [-0.15, -0.1) is 0 Å². The third-order valence-electron chi connectivity index (χ3n) is 8.98. The Labute approximate surface area is 306 Å². The lowest BCUT2D eigenvalue weighted by atomic mass is 9.93. The first-order valence-corrected chi connectivity index (χ1v) is 18.8. The fraction of sp³-hybridized carbons (Fsp3) is 0.224. The molecular weight excluding hydrogens is 617 g/mol.